The van der Waals surface area contributed by atoms with E-state index in [0.717, 1.165) is 30.0 Å². The maximum absolute atomic E-state index is 14.3. The van der Waals surface area contributed by atoms with Gasteiger partial charge in [0.25, 0.3) is 5.91 Å². The zero-order valence-electron chi connectivity index (χ0n) is 25.2. The van der Waals surface area contributed by atoms with Crippen molar-refractivity contribution in [3.8, 4) is 17.2 Å². The second kappa shape index (κ2) is 10.6. The lowest BCUT2D eigenvalue weighted by Crippen LogP contribution is -2.45. The van der Waals surface area contributed by atoms with E-state index in [-0.39, 0.29) is 29.1 Å². The molecule has 236 valence electrons. The summed E-state index contributed by atoms with van der Waals surface area (Å²) in [6.07, 6.45) is -0.464. The lowest BCUT2D eigenvalue weighted by molar-refractivity contribution is -0.137. The van der Waals surface area contributed by atoms with Gasteiger partial charge in [-0.05, 0) is 82.7 Å². The van der Waals surface area contributed by atoms with Crippen molar-refractivity contribution >= 4 is 23.3 Å². The maximum Gasteiger partial charge on any atom is 0.418 e. The van der Waals surface area contributed by atoms with Crippen LogP contribution in [-0.2, 0) is 17.4 Å². The number of carbonyl (C=O) groups excluding carboxylic acids is 2. The second-order valence-corrected chi connectivity index (χ2v) is 12.6. The number of hydrogen-bond donors (Lipinski definition) is 2. The first kappa shape index (κ1) is 29.4. The molecule has 3 aliphatic heterocycles. The smallest absolute Gasteiger partial charge is 0.418 e. The summed E-state index contributed by atoms with van der Waals surface area (Å²) in [5, 5.41) is 5.69. The molecule has 1 saturated heterocycles. The Bertz CT molecular complexity index is 1700. The van der Waals surface area contributed by atoms with E-state index in [4.69, 9.17) is 9.47 Å². The van der Waals surface area contributed by atoms with Gasteiger partial charge < -0.3 is 29.9 Å². The summed E-state index contributed by atoms with van der Waals surface area (Å²) >= 11 is 0. The number of ether oxygens (including phenoxy) is 2. The van der Waals surface area contributed by atoms with E-state index in [1.54, 1.807) is 23.2 Å². The number of likely N-dealkylation sites (N-methyl/N-ethyl adjacent to an activating group) is 1. The van der Waals surface area contributed by atoms with Crippen LogP contribution in [0.3, 0.4) is 0 Å². The minimum absolute atomic E-state index is 0.0484. The highest BCUT2D eigenvalue weighted by molar-refractivity contribution is 5.96. The van der Waals surface area contributed by atoms with E-state index in [1.165, 1.54) is 12.1 Å². The Morgan fingerprint density at radius 1 is 1.18 bits per heavy atom. The number of fused-ring (bicyclic) bond motifs is 4. The largest absolute Gasteiger partial charge is 0.484 e. The third kappa shape index (κ3) is 5.24. The number of anilines is 2. The Morgan fingerprint density at radius 2 is 2.00 bits per heavy atom. The average Bonchev–Trinajstić information content (AvgIpc) is 3.43. The number of nitrogens with zero attached hydrogens (tertiary/aromatic N) is 3. The van der Waals surface area contributed by atoms with Crippen molar-refractivity contribution in [2.45, 2.75) is 62.4 Å². The minimum Gasteiger partial charge on any atom is -0.484 e. The summed E-state index contributed by atoms with van der Waals surface area (Å²) in [5.41, 5.74) is 0.188. The van der Waals surface area contributed by atoms with E-state index in [2.05, 4.69) is 15.6 Å². The van der Waals surface area contributed by atoms with E-state index in [1.807, 2.05) is 38.1 Å². The quantitative estimate of drug-likeness (QED) is 0.383. The van der Waals surface area contributed by atoms with Gasteiger partial charge in [0, 0.05) is 54.1 Å². The van der Waals surface area contributed by atoms with Crippen LogP contribution < -0.4 is 25.0 Å². The van der Waals surface area contributed by atoms with Gasteiger partial charge in [0.05, 0.1) is 17.5 Å². The molecule has 2 fully saturated rings. The molecule has 9 nitrogen and oxygen atoms in total. The molecule has 2 N–H and O–H groups in total. The molecule has 2 aromatic carbocycles. The van der Waals surface area contributed by atoms with Crippen LogP contribution in [0.5, 0.6) is 17.2 Å². The van der Waals surface area contributed by atoms with Crippen LogP contribution >= 0.6 is 0 Å². The first-order valence-corrected chi connectivity index (χ1v) is 15.1. The number of nitrogens with one attached hydrogen (secondary N) is 2. The average molecular weight is 622 g/mol. The van der Waals surface area contributed by atoms with E-state index in [9.17, 15) is 22.8 Å². The fraction of sp³-hybridized carbons (Fsp3) is 0.424. The molecule has 1 aromatic heterocycles. The number of piperidine rings is 1. The lowest BCUT2D eigenvalue weighted by atomic mass is 10.0. The summed E-state index contributed by atoms with van der Waals surface area (Å²) in [6, 6.07) is 10.8. The standard InChI is InChI=1S/C33H34F3N5O4/c1-32-28(22-16-20(7-10-26(22)45-32)44-25-12-13-37-30-21(25)8-11-27(42)38-30)29(32)39-31(43)18-6-9-24(23(15-18)33(34,35)36)41-14-4-5-19(17-41)40(2)3/h6-7,9-10,12-13,15-16,19,28-29H,4-5,8,11,14,17H2,1-3H3,(H,39,43)(H,37,38,42)/t19-,28+,29+,32?/m1/s1. The van der Waals surface area contributed by atoms with Gasteiger partial charge in [-0.15, -0.1) is 0 Å². The number of benzene rings is 2. The van der Waals surface area contributed by atoms with Crippen LogP contribution in [0.15, 0.2) is 48.7 Å². The van der Waals surface area contributed by atoms with Crippen LogP contribution in [0.4, 0.5) is 24.7 Å². The molecule has 2 amide bonds. The minimum atomic E-state index is -4.61. The predicted octanol–water partition coefficient (Wildman–Crippen LogP) is 5.35. The highest BCUT2D eigenvalue weighted by Gasteiger charge is 2.70. The van der Waals surface area contributed by atoms with E-state index < -0.39 is 29.3 Å². The van der Waals surface area contributed by atoms with Gasteiger partial charge in [-0.2, -0.15) is 13.2 Å². The molecule has 45 heavy (non-hydrogen) atoms. The summed E-state index contributed by atoms with van der Waals surface area (Å²) in [6.45, 7) is 2.91. The van der Waals surface area contributed by atoms with Crippen LogP contribution in [0, 0.1) is 0 Å². The van der Waals surface area contributed by atoms with Crippen molar-refractivity contribution in [1.29, 1.82) is 0 Å². The molecule has 0 bridgehead atoms. The first-order valence-electron chi connectivity index (χ1n) is 15.1. The Hall–Kier alpha value is -4.32. The highest BCUT2D eigenvalue weighted by Crippen LogP contribution is 2.62. The third-order valence-corrected chi connectivity index (χ3v) is 9.52. The Kier molecular flexibility index (Phi) is 6.95. The van der Waals surface area contributed by atoms with Crippen LogP contribution in [0.2, 0.25) is 0 Å². The normalized spacial score (nSPS) is 25.1. The fourth-order valence-electron chi connectivity index (χ4n) is 6.97. The molecule has 0 spiro atoms. The molecule has 4 aliphatic rings. The predicted molar refractivity (Wildman–Crippen MR) is 161 cm³/mol. The number of carbonyl (C=O) groups is 2. The van der Waals surface area contributed by atoms with Gasteiger partial charge in [0.1, 0.15) is 28.7 Å². The van der Waals surface area contributed by atoms with Crippen LogP contribution in [0.25, 0.3) is 0 Å². The SMILES string of the molecule is CN(C)[C@@H]1CCCN(c2ccc(C(=O)N[C@H]3[C@@H]4c5cc(Oc6ccnc7c6CCC(=O)N7)ccc5OC34C)cc2C(F)(F)F)C1. The van der Waals surface area contributed by atoms with Gasteiger partial charge in [-0.3, -0.25) is 9.59 Å². The zero-order chi connectivity index (χ0) is 31.7. The van der Waals surface area contributed by atoms with Gasteiger partial charge >= 0.3 is 6.18 Å². The second-order valence-electron chi connectivity index (χ2n) is 12.6. The third-order valence-electron chi connectivity index (χ3n) is 9.52. The Morgan fingerprint density at radius 3 is 2.78 bits per heavy atom. The van der Waals surface area contributed by atoms with Crippen LogP contribution in [0.1, 0.15) is 59.2 Å². The highest BCUT2D eigenvalue weighted by atomic mass is 19.4. The Labute approximate surface area is 258 Å². The van der Waals surface area contributed by atoms with Crippen molar-refractivity contribution in [2.75, 3.05) is 37.4 Å². The van der Waals surface area contributed by atoms with Gasteiger partial charge in [0.2, 0.25) is 5.91 Å². The number of rotatable bonds is 6. The number of alkyl halides is 3. The number of hydrogen-bond acceptors (Lipinski definition) is 7. The molecule has 3 aromatic rings. The lowest BCUT2D eigenvalue weighted by Gasteiger charge is -2.38. The number of halogens is 3. The van der Waals surface area contributed by atoms with Crippen molar-refractivity contribution in [3.63, 3.8) is 0 Å². The maximum atomic E-state index is 14.3. The monoisotopic (exact) mass is 621 g/mol. The van der Waals surface area contributed by atoms with E-state index in [0.29, 0.717) is 49.0 Å². The number of amides is 2. The first-order chi connectivity index (χ1) is 21.4. The van der Waals surface area contributed by atoms with Crippen molar-refractivity contribution in [2.24, 2.45) is 0 Å². The summed E-state index contributed by atoms with van der Waals surface area (Å²) < 4.78 is 55.2. The fourth-order valence-corrected chi connectivity index (χ4v) is 6.97. The van der Waals surface area contributed by atoms with Crippen molar-refractivity contribution < 1.29 is 32.2 Å². The molecule has 7 rings (SSSR count). The number of pyridine rings is 1. The molecular weight excluding hydrogens is 587 g/mol. The zero-order valence-corrected chi connectivity index (χ0v) is 25.2. The summed E-state index contributed by atoms with van der Waals surface area (Å²) in [7, 11) is 3.87. The summed E-state index contributed by atoms with van der Waals surface area (Å²) in [5.74, 6) is 1.45. The molecule has 1 saturated carbocycles. The molecule has 4 heterocycles. The molecule has 4 atom stereocenters. The topological polar surface area (TPSA) is 96.0 Å². The molecule has 1 unspecified atom stereocenters. The van der Waals surface area contributed by atoms with Gasteiger partial charge in [0.15, 0.2) is 0 Å². The Balaban J connectivity index is 1.08. The molecular formula is C33H34F3N5O4. The molecule has 12 heteroatoms. The van der Waals surface area contributed by atoms with Crippen molar-refractivity contribution in [3.05, 3.63) is 70.9 Å². The van der Waals surface area contributed by atoms with Crippen molar-refractivity contribution in [1.82, 2.24) is 15.2 Å². The summed E-state index contributed by atoms with van der Waals surface area (Å²) in [4.78, 5) is 33.2. The number of aromatic nitrogens is 1. The van der Waals surface area contributed by atoms with Gasteiger partial charge in [-0.1, -0.05) is 0 Å². The van der Waals surface area contributed by atoms with E-state index >= 15 is 0 Å². The van der Waals surface area contributed by atoms with Crippen LogP contribution in [-0.4, -0.2) is 66.6 Å². The van der Waals surface area contributed by atoms with Gasteiger partial charge in [-0.25, -0.2) is 4.98 Å². The molecule has 1 aliphatic carbocycles. The molecule has 0 radical (unpaired) electrons.